The fraction of sp³-hybridized carbons (Fsp3) is 0.273. The summed E-state index contributed by atoms with van der Waals surface area (Å²) in [5.74, 6) is 0.140. The first-order valence-corrected chi connectivity index (χ1v) is 9.66. The van der Waals surface area contributed by atoms with Crippen molar-refractivity contribution in [3.8, 4) is 5.69 Å². The number of benzene rings is 2. The molecule has 0 unspecified atom stereocenters. The highest BCUT2D eigenvalue weighted by molar-refractivity contribution is 5.96. The van der Waals surface area contributed by atoms with E-state index in [1.54, 1.807) is 47.2 Å². The van der Waals surface area contributed by atoms with Crippen LogP contribution in [-0.4, -0.2) is 38.5 Å². The Morgan fingerprint density at radius 2 is 1.79 bits per heavy atom. The molecule has 1 aliphatic carbocycles. The van der Waals surface area contributed by atoms with Gasteiger partial charge in [-0.2, -0.15) is 5.10 Å². The van der Waals surface area contributed by atoms with Crippen LogP contribution in [0.25, 0.3) is 5.69 Å². The number of rotatable bonds is 6. The third-order valence-electron chi connectivity index (χ3n) is 5.31. The number of nitrogens with one attached hydrogen (secondary N) is 1. The summed E-state index contributed by atoms with van der Waals surface area (Å²) in [6.07, 6.45) is 5.06. The van der Waals surface area contributed by atoms with Crippen LogP contribution in [0.2, 0.25) is 0 Å². The lowest BCUT2D eigenvalue weighted by Crippen LogP contribution is -2.29. The normalized spacial score (nSPS) is 14.3. The second kappa shape index (κ2) is 7.87. The Bertz CT molecular complexity index is 993. The van der Waals surface area contributed by atoms with Crippen LogP contribution in [0.3, 0.4) is 0 Å². The number of aromatic nitrogens is 3. The van der Waals surface area contributed by atoms with Crippen molar-refractivity contribution in [1.29, 1.82) is 0 Å². The molecular formula is C22H23N5O2. The van der Waals surface area contributed by atoms with E-state index in [0.29, 0.717) is 5.56 Å². The second-order valence-electron chi connectivity index (χ2n) is 7.36. The van der Waals surface area contributed by atoms with Crippen LogP contribution in [0.5, 0.6) is 0 Å². The molecule has 1 aliphatic rings. The van der Waals surface area contributed by atoms with Gasteiger partial charge in [-0.05, 0) is 61.7 Å². The van der Waals surface area contributed by atoms with E-state index < -0.39 is 0 Å². The summed E-state index contributed by atoms with van der Waals surface area (Å²) in [6, 6.07) is 14.8. The van der Waals surface area contributed by atoms with E-state index in [-0.39, 0.29) is 23.8 Å². The summed E-state index contributed by atoms with van der Waals surface area (Å²) in [4.78, 5) is 30.4. The van der Waals surface area contributed by atoms with Gasteiger partial charge in [-0.15, -0.1) is 0 Å². The molecule has 1 aromatic heterocycles. The number of carbonyl (C=O) groups excluding carboxylic acids is 2. The predicted octanol–water partition coefficient (Wildman–Crippen LogP) is 3.45. The summed E-state index contributed by atoms with van der Waals surface area (Å²) in [5.41, 5.74) is 3.25. The average Bonchev–Trinajstić information content (AvgIpc) is 3.47. The monoisotopic (exact) mass is 389 g/mol. The maximum Gasteiger partial charge on any atom is 0.254 e. The molecular weight excluding hydrogens is 366 g/mol. The molecule has 0 radical (unpaired) electrons. The van der Waals surface area contributed by atoms with Gasteiger partial charge in [-0.3, -0.25) is 9.59 Å². The molecule has 1 atom stereocenters. The molecule has 7 heteroatoms. The lowest BCUT2D eigenvalue weighted by atomic mass is 10.1. The highest BCUT2D eigenvalue weighted by Crippen LogP contribution is 2.30. The highest BCUT2D eigenvalue weighted by atomic mass is 16.2. The zero-order valence-corrected chi connectivity index (χ0v) is 16.4. The van der Waals surface area contributed by atoms with E-state index in [4.69, 9.17) is 0 Å². The molecule has 0 spiro atoms. The average molecular weight is 389 g/mol. The SMILES string of the molecule is C[C@H](c1ccc(-n2cncn2)cc1)N(C)C(=O)c1ccc(NC(=O)C2CC2)cc1. The van der Waals surface area contributed by atoms with Gasteiger partial charge in [-0.1, -0.05) is 12.1 Å². The molecule has 29 heavy (non-hydrogen) atoms. The third-order valence-corrected chi connectivity index (χ3v) is 5.31. The van der Waals surface area contributed by atoms with Crippen LogP contribution < -0.4 is 5.32 Å². The number of hydrogen-bond acceptors (Lipinski definition) is 4. The molecule has 4 rings (SSSR count). The Kier molecular flexibility index (Phi) is 5.12. The molecule has 0 aliphatic heterocycles. The smallest absolute Gasteiger partial charge is 0.254 e. The van der Waals surface area contributed by atoms with Gasteiger partial charge in [0, 0.05) is 24.2 Å². The molecule has 0 saturated heterocycles. The van der Waals surface area contributed by atoms with Crippen LogP contribution in [0.4, 0.5) is 5.69 Å². The summed E-state index contributed by atoms with van der Waals surface area (Å²) < 4.78 is 1.69. The van der Waals surface area contributed by atoms with Crippen LogP contribution in [0, 0.1) is 5.92 Å². The molecule has 7 nitrogen and oxygen atoms in total. The molecule has 1 heterocycles. The Balaban J connectivity index is 1.41. The number of hydrogen-bond donors (Lipinski definition) is 1. The van der Waals surface area contributed by atoms with Crippen molar-refractivity contribution >= 4 is 17.5 Å². The predicted molar refractivity (Wildman–Crippen MR) is 110 cm³/mol. The number of nitrogens with zero attached hydrogens (tertiary/aromatic N) is 4. The van der Waals surface area contributed by atoms with Gasteiger partial charge in [0.15, 0.2) is 0 Å². The van der Waals surface area contributed by atoms with Crippen LogP contribution >= 0.6 is 0 Å². The first-order chi connectivity index (χ1) is 14.0. The van der Waals surface area contributed by atoms with Crippen molar-refractivity contribution in [2.24, 2.45) is 5.92 Å². The van der Waals surface area contributed by atoms with E-state index in [2.05, 4.69) is 15.4 Å². The van der Waals surface area contributed by atoms with E-state index in [0.717, 1.165) is 29.8 Å². The van der Waals surface area contributed by atoms with Gasteiger partial charge in [0.05, 0.1) is 11.7 Å². The third kappa shape index (κ3) is 4.18. The maximum absolute atomic E-state index is 12.9. The summed E-state index contributed by atoms with van der Waals surface area (Å²) >= 11 is 0. The maximum atomic E-state index is 12.9. The Morgan fingerprint density at radius 1 is 1.10 bits per heavy atom. The zero-order chi connectivity index (χ0) is 20.4. The molecule has 2 aromatic carbocycles. The summed E-state index contributed by atoms with van der Waals surface area (Å²) in [5, 5.41) is 7.01. The molecule has 1 fully saturated rings. The van der Waals surface area contributed by atoms with E-state index in [1.807, 2.05) is 31.2 Å². The number of carbonyl (C=O) groups is 2. The summed E-state index contributed by atoms with van der Waals surface area (Å²) in [6.45, 7) is 1.99. The van der Waals surface area contributed by atoms with Crippen molar-refractivity contribution < 1.29 is 9.59 Å². The molecule has 2 amide bonds. The Labute approximate surface area is 169 Å². The van der Waals surface area contributed by atoms with Crippen molar-refractivity contribution in [3.63, 3.8) is 0 Å². The largest absolute Gasteiger partial charge is 0.335 e. The van der Waals surface area contributed by atoms with Crippen molar-refractivity contribution in [1.82, 2.24) is 19.7 Å². The minimum atomic E-state index is -0.0958. The van der Waals surface area contributed by atoms with Gasteiger partial charge in [-0.25, -0.2) is 9.67 Å². The van der Waals surface area contributed by atoms with Crippen LogP contribution in [-0.2, 0) is 4.79 Å². The van der Waals surface area contributed by atoms with Gasteiger partial charge >= 0.3 is 0 Å². The Morgan fingerprint density at radius 3 is 2.38 bits per heavy atom. The van der Waals surface area contributed by atoms with E-state index in [9.17, 15) is 9.59 Å². The van der Waals surface area contributed by atoms with Gasteiger partial charge in [0.2, 0.25) is 5.91 Å². The van der Waals surface area contributed by atoms with Gasteiger partial charge in [0.25, 0.3) is 5.91 Å². The van der Waals surface area contributed by atoms with E-state index >= 15 is 0 Å². The first-order valence-electron chi connectivity index (χ1n) is 9.66. The molecule has 148 valence electrons. The van der Waals surface area contributed by atoms with Crippen molar-refractivity contribution in [2.75, 3.05) is 12.4 Å². The second-order valence-corrected chi connectivity index (χ2v) is 7.36. The molecule has 1 N–H and O–H groups in total. The van der Waals surface area contributed by atoms with Gasteiger partial charge < -0.3 is 10.2 Å². The highest BCUT2D eigenvalue weighted by Gasteiger charge is 2.29. The van der Waals surface area contributed by atoms with Crippen molar-refractivity contribution in [3.05, 3.63) is 72.3 Å². The van der Waals surface area contributed by atoms with Crippen molar-refractivity contribution in [2.45, 2.75) is 25.8 Å². The standard InChI is InChI=1S/C22H23N5O2/c1-15(16-7-11-20(12-8-16)27-14-23-13-24-27)26(2)22(29)18-5-9-19(10-6-18)25-21(28)17-3-4-17/h5-15,17H,3-4H2,1-2H3,(H,25,28)/t15-/m1/s1. The molecule has 3 aromatic rings. The summed E-state index contributed by atoms with van der Waals surface area (Å²) in [7, 11) is 1.79. The van der Waals surface area contributed by atoms with Crippen LogP contribution in [0.15, 0.2) is 61.2 Å². The number of amides is 2. The fourth-order valence-electron chi connectivity index (χ4n) is 3.14. The Hall–Kier alpha value is -3.48. The minimum Gasteiger partial charge on any atom is -0.335 e. The lowest BCUT2D eigenvalue weighted by Gasteiger charge is -2.25. The van der Waals surface area contributed by atoms with Gasteiger partial charge in [0.1, 0.15) is 12.7 Å². The quantitative estimate of drug-likeness (QED) is 0.700. The minimum absolute atomic E-state index is 0.0594. The zero-order valence-electron chi connectivity index (χ0n) is 16.4. The topological polar surface area (TPSA) is 80.1 Å². The van der Waals surface area contributed by atoms with Crippen LogP contribution in [0.1, 0.15) is 41.7 Å². The van der Waals surface area contributed by atoms with E-state index in [1.165, 1.54) is 6.33 Å². The molecule has 1 saturated carbocycles. The fourth-order valence-corrected chi connectivity index (χ4v) is 3.14. The first kappa shape index (κ1) is 18.9. The lowest BCUT2D eigenvalue weighted by molar-refractivity contribution is -0.117. The molecule has 0 bridgehead atoms. The number of anilines is 1.